The van der Waals surface area contributed by atoms with Crippen molar-refractivity contribution in [2.75, 3.05) is 19.4 Å². The van der Waals surface area contributed by atoms with Gasteiger partial charge in [0.15, 0.2) is 0 Å². The summed E-state index contributed by atoms with van der Waals surface area (Å²) in [5, 5.41) is 4.19. The second-order valence-corrected chi connectivity index (χ2v) is 7.19. The number of fused-ring (bicyclic) bond motifs is 1. The maximum atomic E-state index is 12.2. The molecule has 0 aliphatic heterocycles. The van der Waals surface area contributed by atoms with Gasteiger partial charge in [-0.25, -0.2) is 15.6 Å². The molecule has 24 heavy (non-hydrogen) atoms. The lowest BCUT2D eigenvalue weighted by Crippen LogP contribution is -2.50. The van der Waals surface area contributed by atoms with E-state index in [1.807, 2.05) is 17.4 Å². The summed E-state index contributed by atoms with van der Waals surface area (Å²) in [6.45, 7) is 4.30. The Labute approximate surface area is 146 Å². The van der Waals surface area contributed by atoms with Gasteiger partial charge < -0.3 is 5.32 Å². The fraction of sp³-hybridized carbons (Fsp3) is 0.278. The maximum absolute atomic E-state index is 12.2. The highest BCUT2D eigenvalue weighted by Gasteiger charge is 2.19. The van der Waals surface area contributed by atoms with Crippen LogP contribution < -0.4 is 16.2 Å². The number of nitrogens with zero attached hydrogens (tertiary/aromatic N) is 1. The standard InChI is InChI=1S/C18H22N4OS/c1-11-9-16(12(2)24-11)15-8-6-13-5-7-14(10-17(13)15)21-18(23)22(19-3)20-4/h5,7-10,19-20H,6H2,1-4H3,(H,21,23). The third kappa shape index (κ3) is 3.08. The topological polar surface area (TPSA) is 56.4 Å². The molecule has 6 heteroatoms. The van der Waals surface area contributed by atoms with Gasteiger partial charge in [0.25, 0.3) is 0 Å². The molecular weight excluding hydrogens is 320 g/mol. The zero-order chi connectivity index (χ0) is 17.3. The van der Waals surface area contributed by atoms with Crippen molar-refractivity contribution in [3.63, 3.8) is 0 Å². The van der Waals surface area contributed by atoms with Crippen molar-refractivity contribution in [3.8, 4) is 0 Å². The second-order valence-electron chi connectivity index (χ2n) is 5.73. The molecule has 0 atom stereocenters. The fourth-order valence-electron chi connectivity index (χ4n) is 3.05. The summed E-state index contributed by atoms with van der Waals surface area (Å²) in [5.74, 6) is 0. The molecule has 0 radical (unpaired) electrons. The molecule has 0 saturated heterocycles. The lowest BCUT2D eigenvalue weighted by molar-refractivity contribution is 0.163. The summed E-state index contributed by atoms with van der Waals surface area (Å²) in [6.07, 6.45) is 3.21. The molecule has 1 heterocycles. The van der Waals surface area contributed by atoms with Crippen LogP contribution in [0, 0.1) is 13.8 Å². The summed E-state index contributed by atoms with van der Waals surface area (Å²) in [5.41, 5.74) is 11.4. The molecular formula is C18H22N4OS. The lowest BCUT2D eigenvalue weighted by atomic mass is 9.99. The predicted octanol–water partition coefficient (Wildman–Crippen LogP) is 3.46. The minimum absolute atomic E-state index is 0.258. The Morgan fingerprint density at radius 2 is 1.88 bits per heavy atom. The summed E-state index contributed by atoms with van der Waals surface area (Å²) < 4.78 is 0. The number of urea groups is 1. The van der Waals surface area contributed by atoms with Gasteiger partial charge in [0, 0.05) is 29.5 Å². The van der Waals surface area contributed by atoms with Crippen LogP contribution in [0.2, 0.25) is 0 Å². The van der Waals surface area contributed by atoms with Gasteiger partial charge in [-0.05, 0) is 60.7 Å². The number of nitrogens with one attached hydrogen (secondary N) is 3. The summed E-state index contributed by atoms with van der Waals surface area (Å²) in [4.78, 5) is 14.8. The number of benzene rings is 1. The molecule has 0 unspecified atom stereocenters. The molecule has 0 fully saturated rings. The van der Waals surface area contributed by atoms with Gasteiger partial charge in [0.2, 0.25) is 0 Å². The van der Waals surface area contributed by atoms with Gasteiger partial charge >= 0.3 is 6.03 Å². The number of allylic oxidation sites excluding steroid dienone is 1. The number of carbonyl (C=O) groups excluding carboxylic acids is 1. The average molecular weight is 342 g/mol. The van der Waals surface area contributed by atoms with Crippen LogP contribution in [0.5, 0.6) is 0 Å². The number of rotatable bonds is 4. The van der Waals surface area contributed by atoms with E-state index in [-0.39, 0.29) is 6.03 Å². The van der Waals surface area contributed by atoms with E-state index in [0.717, 1.165) is 12.1 Å². The Kier molecular flexibility index (Phi) is 4.71. The largest absolute Gasteiger partial charge is 0.351 e. The van der Waals surface area contributed by atoms with Gasteiger partial charge in [0.05, 0.1) is 0 Å². The van der Waals surface area contributed by atoms with Crippen LogP contribution in [0.3, 0.4) is 0 Å². The van der Waals surface area contributed by atoms with Crippen molar-refractivity contribution < 1.29 is 4.79 Å². The fourth-order valence-corrected chi connectivity index (χ4v) is 3.99. The molecule has 1 aromatic heterocycles. The highest BCUT2D eigenvalue weighted by molar-refractivity contribution is 7.12. The minimum atomic E-state index is -0.258. The number of hydrogen-bond acceptors (Lipinski definition) is 4. The van der Waals surface area contributed by atoms with E-state index in [1.165, 1.54) is 37.1 Å². The Bertz CT molecular complexity index is 805. The summed E-state index contributed by atoms with van der Waals surface area (Å²) in [6, 6.07) is 8.08. The van der Waals surface area contributed by atoms with E-state index < -0.39 is 0 Å². The second kappa shape index (κ2) is 6.76. The molecule has 126 valence electrons. The van der Waals surface area contributed by atoms with Crippen molar-refractivity contribution in [1.29, 1.82) is 0 Å². The van der Waals surface area contributed by atoms with E-state index in [9.17, 15) is 4.79 Å². The number of anilines is 1. The smallest absolute Gasteiger partial charge is 0.306 e. The van der Waals surface area contributed by atoms with Crippen molar-refractivity contribution >= 4 is 28.6 Å². The molecule has 1 aromatic carbocycles. The molecule has 2 amide bonds. The third-order valence-corrected chi connectivity index (χ3v) is 5.12. The summed E-state index contributed by atoms with van der Waals surface area (Å²) in [7, 11) is 3.36. The molecule has 5 nitrogen and oxygen atoms in total. The van der Waals surface area contributed by atoms with Crippen molar-refractivity contribution in [3.05, 3.63) is 56.8 Å². The van der Waals surface area contributed by atoms with E-state index in [2.05, 4.69) is 54.3 Å². The first-order valence-electron chi connectivity index (χ1n) is 7.90. The first kappa shape index (κ1) is 16.7. The molecule has 3 rings (SSSR count). The van der Waals surface area contributed by atoms with Gasteiger partial charge in [-0.2, -0.15) is 5.12 Å². The monoisotopic (exact) mass is 342 g/mol. The number of thiophene rings is 1. The molecule has 0 bridgehead atoms. The maximum Gasteiger partial charge on any atom is 0.351 e. The highest BCUT2D eigenvalue weighted by atomic mass is 32.1. The number of hydrazine groups is 2. The van der Waals surface area contributed by atoms with Crippen LogP contribution in [0.4, 0.5) is 10.5 Å². The first-order valence-corrected chi connectivity index (χ1v) is 8.72. The van der Waals surface area contributed by atoms with E-state index in [4.69, 9.17) is 0 Å². The van der Waals surface area contributed by atoms with Crippen LogP contribution in [0.1, 0.15) is 26.4 Å². The summed E-state index contributed by atoms with van der Waals surface area (Å²) >= 11 is 1.82. The van der Waals surface area contributed by atoms with Crippen LogP contribution in [0.25, 0.3) is 5.57 Å². The Hall–Kier alpha value is -2.15. The van der Waals surface area contributed by atoms with Crippen LogP contribution in [0.15, 0.2) is 30.3 Å². The normalized spacial score (nSPS) is 12.8. The van der Waals surface area contributed by atoms with Crippen LogP contribution in [-0.2, 0) is 6.42 Å². The quantitative estimate of drug-likeness (QED) is 0.746. The van der Waals surface area contributed by atoms with Crippen LogP contribution in [-0.4, -0.2) is 25.2 Å². The molecule has 1 aliphatic carbocycles. The highest BCUT2D eigenvalue weighted by Crippen LogP contribution is 2.38. The van der Waals surface area contributed by atoms with Gasteiger partial charge in [-0.1, -0.05) is 12.1 Å². The van der Waals surface area contributed by atoms with Gasteiger partial charge in [-0.3, -0.25) is 0 Å². The lowest BCUT2D eigenvalue weighted by Gasteiger charge is -2.20. The Morgan fingerprint density at radius 1 is 1.12 bits per heavy atom. The van der Waals surface area contributed by atoms with Crippen molar-refractivity contribution in [2.24, 2.45) is 0 Å². The molecule has 2 aromatic rings. The first-order chi connectivity index (χ1) is 11.5. The number of carbonyl (C=O) groups is 1. The molecule has 0 spiro atoms. The number of aryl methyl sites for hydroxylation is 2. The molecule has 0 saturated carbocycles. The van der Waals surface area contributed by atoms with E-state index in [0.29, 0.717) is 0 Å². The molecule has 1 aliphatic rings. The third-order valence-electron chi connectivity index (χ3n) is 4.16. The SMILES string of the molecule is CNN(NC)C(=O)Nc1ccc2c(c1)C(c1cc(C)sc1C)=CC2. The predicted molar refractivity (Wildman–Crippen MR) is 100.0 cm³/mol. The average Bonchev–Trinajstić information content (AvgIpc) is 3.10. The van der Waals surface area contributed by atoms with Crippen molar-refractivity contribution in [1.82, 2.24) is 16.0 Å². The van der Waals surface area contributed by atoms with Gasteiger partial charge in [0.1, 0.15) is 0 Å². The number of amides is 2. The van der Waals surface area contributed by atoms with Gasteiger partial charge in [-0.15, -0.1) is 11.3 Å². The zero-order valence-electron chi connectivity index (χ0n) is 14.4. The van der Waals surface area contributed by atoms with Crippen molar-refractivity contribution in [2.45, 2.75) is 20.3 Å². The van der Waals surface area contributed by atoms with E-state index in [1.54, 1.807) is 14.1 Å². The van der Waals surface area contributed by atoms with E-state index >= 15 is 0 Å². The number of hydrogen-bond donors (Lipinski definition) is 3. The Balaban J connectivity index is 1.88. The zero-order valence-corrected chi connectivity index (χ0v) is 15.2. The van der Waals surface area contributed by atoms with Crippen LogP contribution >= 0.6 is 11.3 Å². The molecule has 3 N–H and O–H groups in total. The Morgan fingerprint density at radius 3 is 2.50 bits per heavy atom. The minimum Gasteiger partial charge on any atom is -0.306 e.